The van der Waals surface area contributed by atoms with Gasteiger partial charge in [0.25, 0.3) is 0 Å². The molecule has 0 atom stereocenters. The van der Waals surface area contributed by atoms with Crippen LogP contribution in [0.1, 0.15) is 52.4 Å². The summed E-state index contributed by atoms with van der Waals surface area (Å²) in [7, 11) is 0. The molecule has 0 aromatic carbocycles. The highest BCUT2D eigenvalue weighted by Crippen LogP contribution is 2.41. The van der Waals surface area contributed by atoms with Crippen molar-refractivity contribution in [2.75, 3.05) is 6.61 Å². The second-order valence-electron chi connectivity index (χ2n) is 4.89. The van der Waals surface area contributed by atoms with Crippen molar-refractivity contribution < 1.29 is 27.1 Å². The molecule has 0 aromatic rings. The van der Waals surface area contributed by atoms with Crippen LogP contribution in [0.5, 0.6) is 0 Å². The number of hydrogen-bond donors (Lipinski definition) is 0. The first-order chi connectivity index (χ1) is 9.14. The summed E-state index contributed by atoms with van der Waals surface area (Å²) in [6.07, 6.45) is -0.867. The van der Waals surface area contributed by atoms with Crippen molar-refractivity contribution in [3.05, 3.63) is 12.2 Å². The Hall–Kier alpha value is -1.07. The molecule has 0 amide bonds. The van der Waals surface area contributed by atoms with Crippen molar-refractivity contribution in [1.82, 2.24) is 0 Å². The molecule has 0 bridgehead atoms. The predicted molar refractivity (Wildman–Crippen MR) is 69.0 cm³/mol. The first kappa shape index (κ1) is 18.9. The zero-order valence-corrected chi connectivity index (χ0v) is 12.0. The van der Waals surface area contributed by atoms with Gasteiger partial charge in [0.1, 0.15) is 0 Å². The number of hydrogen-bond acceptors (Lipinski definition) is 2. The van der Waals surface area contributed by atoms with Crippen LogP contribution >= 0.6 is 0 Å². The van der Waals surface area contributed by atoms with Crippen molar-refractivity contribution in [2.24, 2.45) is 0 Å². The van der Waals surface area contributed by atoms with Gasteiger partial charge in [0.15, 0.2) is 0 Å². The van der Waals surface area contributed by atoms with E-state index in [0.717, 1.165) is 0 Å². The third-order valence-electron chi connectivity index (χ3n) is 2.85. The van der Waals surface area contributed by atoms with Gasteiger partial charge in [-0.3, -0.25) is 0 Å². The maximum Gasteiger partial charge on any atom is 0.333 e. The Morgan fingerprint density at radius 2 is 1.55 bits per heavy atom. The van der Waals surface area contributed by atoms with Crippen molar-refractivity contribution in [3.63, 3.8) is 0 Å². The van der Waals surface area contributed by atoms with E-state index in [1.165, 1.54) is 6.92 Å². The maximum absolute atomic E-state index is 13.4. The summed E-state index contributed by atoms with van der Waals surface area (Å²) in [5.74, 6) is -8.79. The standard InChI is InChI=1S/C14H22F4O2/c1-4-5-6-8-13(15,16)14(17,18)9-7-10-20-12(19)11(2)3/h2,4-10H2,1,3H3. The van der Waals surface area contributed by atoms with Crippen molar-refractivity contribution in [2.45, 2.75) is 64.2 Å². The van der Waals surface area contributed by atoms with Gasteiger partial charge < -0.3 is 4.74 Å². The smallest absolute Gasteiger partial charge is 0.333 e. The largest absolute Gasteiger partial charge is 0.462 e. The predicted octanol–water partition coefficient (Wildman–Crippen LogP) is 4.74. The number of esters is 1. The van der Waals surface area contributed by atoms with Gasteiger partial charge in [0.05, 0.1) is 6.61 Å². The number of alkyl halides is 4. The first-order valence-electron chi connectivity index (χ1n) is 6.72. The zero-order chi connectivity index (χ0) is 15.8. The molecule has 20 heavy (non-hydrogen) atoms. The fraction of sp³-hybridized carbons (Fsp3) is 0.786. The molecule has 0 aliphatic carbocycles. The molecule has 0 unspecified atom stereocenters. The second kappa shape index (κ2) is 8.27. The van der Waals surface area contributed by atoms with Gasteiger partial charge in [-0.05, 0) is 19.8 Å². The van der Waals surface area contributed by atoms with Crippen LogP contribution < -0.4 is 0 Å². The lowest BCUT2D eigenvalue weighted by molar-refractivity contribution is -0.216. The minimum absolute atomic E-state index is 0.0731. The van der Waals surface area contributed by atoms with Crippen LogP contribution in [0, 0.1) is 0 Å². The van der Waals surface area contributed by atoms with Gasteiger partial charge >= 0.3 is 17.8 Å². The molecule has 6 heteroatoms. The number of ether oxygens (including phenoxy) is 1. The van der Waals surface area contributed by atoms with Crippen molar-refractivity contribution in [3.8, 4) is 0 Å². The molecule has 0 fully saturated rings. The van der Waals surface area contributed by atoms with Crippen LogP contribution in [-0.4, -0.2) is 24.4 Å². The molecule has 0 N–H and O–H groups in total. The molecule has 118 valence electrons. The lowest BCUT2D eigenvalue weighted by Gasteiger charge is -2.26. The fourth-order valence-corrected chi connectivity index (χ4v) is 1.55. The lowest BCUT2D eigenvalue weighted by Crippen LogP contribution is -2.40. The highest BCUT2D eigenvalue weighted by atomic mass is 19.3. The normalized spacial score (nSPS) is 12.3. The van der Waals surface area contributed by atoms with E-state index in [1.807, 2.05) is 6.92 Å². The number of halogens is 4. The quantitative estimate of drug-likeness (QED) is 0.252. The maximum atomic E-state index is 13.4. The van der Waals surface area contributed by atoms with E-state index < -0.39 is 30.7 Å². The fourth-order valence-electron chi connectivity index (χ4n) is 1.55. The van der Waals surface area contributed by atoms with E-state index in [-0.39, 0.29) is 25.0 Å². The molecule has 0 saturated carbocycles. The van der Waals surface area contributed by atoms with Crippen LogP contribution in [0.4, 0.5) is 17.6 Å². The Balaban J connectivity index is 4.15. The summed E-state index contributed by atoms with van der Waals surface area (Å²) in [5, 5.41) is 0. The Labute approximate surface area is 117 Å². The zero-order valence-electron chi connectivity index (χ0n) is 12.0. The summed E-state index contributed by atoms with van der Waals surface area (Å²) in [6.45, 7) is 6.23. The van der Waals surface area contributed by atoms with Gasteiger partial charge in [-0.1, -0.05) is 26.3 Å². The number of carbonyl (C=O) groups is 1. The Morgan fingerprint density at radius 3 is 2.00 bits per heavy atom. The number of unbranched alkanes of at least 4 members (excludes halogenated alkanes) is 2. The number of rotatable bonds is 10. The number of carbonyl (C=O) groups excluding carboxylic acids is 1. The molecule has 0 saturated heterocycles. The van der Waals surface area contributed by atoms with E-state index in [4.69, 9.17) is 0 Å². The molecule has 2 nitrogen and oxygen atoms in total. The molecular formula is C14H22F4O2. The molecule has 0 heterocycles. The molecule has 0 spiro atoms. The molecule has 0 rings (SSSR count). The molecule has 0 aliphatic rings. The summed E-state index contributed by atoms with van der Waals surface area (Å²) >= 11 is 0. The van der Waals surface area contributed by atoms with Crippen LogP contribution in [0.3, 0.4) is 0 Å². The van der Waals surface area contributed by atoms with E-state index >= 15 is 0 Å². The van der Waals surface area contributed by atoms with Crippen LogP contribution in [0.15, 0.2) is 12.2 Å². The highest BCUT2D eigenvalue weighted by Gasteiger charge is 2.54. The Kier molecular flexibility index (Phi) is 7.83. The average Bonchev–Trinajstić information content (AvgIpc) is 2.34. The van der Waals surface area contributed by atoms with Gasteiger partial charge in [-0.25, -0.2) is 4.79 Å². The van der Waals surface area contributed by atoms with Crippen molar-refractivity contribution >= 4 is 5.97 Å². The van der Waals surface area contributed by atoms with E-state index in [1.54, 1.807) is 0 Å². The summed E-state index contributed by atoms with van der Waals surface area (Å²) in [6, 6.07) is 0. The highest BCUT2D eigenvalue weighted by molar-refractivity contribution is 5.86. The van der Waals surface area contributed by atoms with E-state index in [9.17, 15) is 22.4 Å². The minimum Gasteiger partial charge on any atom is -0.462 e. The van der Waals surface area contributed by atoms with Crippen LogP contribution in [0.25, 0.3) is 0 Å². The van der Waals surface area contributed by atoms with Crippen LogP contribution in [0.2, 0.25) is 0 Å². The van der Waals surface area contributed by atoms with Gasteiger partial charge in [0.2, 0.25) is 0 Å². The van der Waals surface area contributed by atoms with E-state index in [2.05, 4.69) is 11.3 Å². The third kappa shape index (κ3) is 6.39. The molecule has 0 radical (unpaired) electrons. The second-order valence-corrected chi connectivity index (χ2v) is 4.89. The van der Waals surface area contributed by atoms with Crippen LogP contribution in [-0.2, 0) is 9.53 Å². The molecule has 0 aliphatic heterocycles. The third-order valence-corrected chi connectivity index (χ3v) is 2.85. The minimum atomic E-state index is -4.07. The summed E-state index contributed by atoms with van der Waals surface area (Å²) in [4.78, 5) is 11.0. The van der Waals surface area contributed by atoms with Gasteiger partial charge in [-0.15, -0.1) is 0 Å². The van der Waals surface area contributed by atoms with E-state index in [0.29, 0.717) is 12.8 Å². The Bertz CT molecular complexity index is 327. The molecular weight excluding hydrogens is 276 g/mol. The average molecular weight is 298 g/mol. The van der Waals surface area contributed by atoms with Gasteiger partial charge in [0, 0.05) is 18.4 Å². The summed E-state index contributed by atoms with van der Waals surface area (Å²) < 4.78 is 58.1. The lowest BCUT2D eigenvalue weighted by atomic mass is 10.0. The monoisotopic (exact) mass is 298 g/mol. The summed E-state index contributed by atoms with van der Waals surface area (Å²) in [5.41, 5.74) is 0.140. The topological polar surface area (TPSA) is 26.3 Å². The van der Waals surface area contributed by atoms with Gasteiger partial charge in [-0.2, -0.15) is 17.6 Å². The SMILES string of the molecule is C=C(C)C(=O)OCCCC(F)(F)C(F)(F)CCCCC. The molecule has 0 aromatic heterocycles. The Morgan fingerprint density at radius 1 is 1.05 bits per heavy atom. The first-order valence-corrected chi connectivity index (χ1v) is 6.72. The van der Waals surface area contributed by atoms with Crippen molar-refractivity contribution in [1.29, 1.82) is 0 Å².